The second-order valence-corrected chi connectivity index (χ2v) is 5.42. The largest absolute Gasteiger partial charge is 0.497 e. The Morgan fingerprint density at radius 2 is 1.96 bits per heavy atom. The fourth-order valence-corrected chi connectivity index (χ4v) is 2.96. The number of nitrogens with two attached hydrogens (primary N) is 1. The van der Waals surface area contributed by atoms with E-state index in [0.29, 0.717) is 17.7 Å². The smallest absolute Gasteiger partial charge is 0.212 e. The van der Waals surface area contributed by atoms with Crippen LogP contribution >= 0.6 is 0 Å². The number of anilines is 1. The normalized spacial score (nSPS) is 16.2. The monoisotopic (exact) mass is 323 g/mol. The molecule has 4 rings (SSSR count). The van der Waals surface area contributed by atoms with Gasteiger partial charge in [0.25, 0.3) is 0 Å². The summed E-state index contributed by atoms with van der Waals surface area (Å²) in [6.45, 7) is 0. The lowest BCUT2D eigenvalue weighted by Crippen LogP contribution is -2.31. The average Bonchev–Trinajstić information content (AvgIpc) is 2.98. The number of methoxy groups -OCH3 is 2. The van der Waals surface area contributed by atoms with Gasteiger partial charge >= 0.3 is 0 Å². The molecule has 1 aromatic heterocycles. The van der Waals surface area contributed by atoms with Gasteiger partial charge in [-0.15, -0.1) is 0 Å². The Bertz CT molecular complexity index is 947. The number of aliphatic imine (C=N–C) groups is 1. The fraction of sp³-hybridized carbons (Fsp3) is 0.176. The third-order valence-corrected chi connectivity index (χ3v) is 4.06. The van der Waals surface area contributed by atoms with E-state index in [2.05, 4.69) is 15.3 Å². The zero-order chi connectivity index (χ0) is 16.7. The third kappa shape index (κ3) is 2.13. The lowest BCUT2D eigenvalue weighted by Gasteiger charge is -2.25. The fourth-order valence-electron chi connectivity index (χ4n) is 2.96. The Kier molecular flexibility index (Phi) is 3.26. The molecular formula is C17H17N5O2. The van der Waals surface area contributed by atoms with Crippen LogP contribution in [0.4, 0.5) is 5.95 Å². The lowest BCUT2D eigenvalue weighted by atomic mass is 10.1. The van der Waals surface area contributed by atoms with Gasteiger partial charge in [0.15, 0.2) is 12.1 Å². The Balaban J connectivity index is 1.94. The maximum absolute atomic E-state index is 5.97. The molecule has 24 heavy (non-hydrogen) atoms. The first kappa shape index (κ1) is 14.4. The predicted octanol–water partition coefficient (Wildman–Crippen LogP) is 2.34. The van der Waals surface area contributed by atoms with E-state index < -0.39 is 0 Å². The van der Waals surface area contributed by atoms with Gasteiger partial charge in [0.2, 0.25) is 5.95 Å². The lowest BCUT2D eigenvalue weighted by molar-refractivity contribution is 0.386. The second-order valence-electron chi connectivity index (χ2n) is 5.42. The number of rotatable bonds is 3. The molecule has 0 spiro atoms. The van der Waals surface area contributed by atoms with Gasteiger partial charge in [-0.1, -0.05) is 12.1 Å². The van der Waals surface area contributed by atoms with E-state index in [1.807, 2.05) is 47.0 Å². The first-order chi connectivity index (χ1) is 11.7. The Morgan fingerprint density at radius 3 is 2.75 bits per heavy atom. The number of aromatic nitrogens is 2. The van der Waals surface area contributed by atoms with Crippen LogP contribution in [0.5, 0.6) is 11.5 Å². The van der Waals surface area contributed by atoms with Gasteiger partial charge in [0, 0.05) is 11.6 Å². The molecule has 1 aliphatic rings. The summed E-state index contributed by atoms with van der Waals surface area (Å²) in [5, 5.41) is 3.02. The molecule has 0 fully saturated rings. The predicted molar refractivity (Wildman–Crippen MR) is 92.7 cm³/mol. The summed E-state index contributed by atoms with van der Waals surface area (Å²) in [6.07, 6.45) is -0.366. The molecule has 0 aliphatic carbocycles. The highest BCUT2D eigenvalue weighted by Crippen LogP contribution is 2.37. The van der Waals surface area contributed by atoms with Gasteiger partial charge in [-0.25, -0.2) is 9.98 Å². The molecule has 122 valence electrons. The summed E-state index contributed by atoms with van der Waals surface area (Å²) in [6, 6.07) is 13.5. The Hall–Kier alpha value is -3.22. The van der Waals surface area contributed by atoms with Crippen LogP contribution in [0.15, 0.2) is 47.5 Å². The number of guanidine groups is 1. The SMILES string of the molecule is COc1ccc([C@H]2N=C(N)Nc3nc4ccccc4n32)c(OC)c1. The highest BCUT2D eigenvalue weighted by atomic mass is 16.5. The van der Waals surface area contributed by atoms with Crippen LogP contribution < -0.4 is 20.5 Å². The van der Waals surface area contributed by atoms with Gasteiger partial charge in [0.05, 0.1) is 25.3 Å². The molecule has 0 radical (unpaired) electrons. The molecule has 3 N–H and O–H groups in total. The van der Waals surface area contributed by atoms with E-state index in [1.54, 1.807) is 14.2 Å². The van der Waals surface area contributed by atoms with E-state index in [1.165, 1.54) is 0 Å². The number of nitrogens with zero attached hydrogens (tertiary/aromatic N) is 3. The van der Waals surface area contributed by atoms with Crippen molar-refractivity contribution in [2.45, 2.75) is 6.17 Å². The van der Waals surface area contributed by atoms with Crippen molar-refractivity contribution in [1.82, 2.24) is 9.55 Å². The summed E-state index contributed by atoms with van der Waals surface area (Å²) >= 11 is 0. The molecular weight excluding hydrogens is 306 g/mol. The van der Waals surface area contributed by atoms with E-state index >= 15 is 0 Å². The van der Waals surface area contributed by atoms with Crippen molar-refractivity contribution in [3.8, 4) is 11.5 Å². The molecule has 7 heteroatoms. The van der Waals surface area contributed by atoms with Crippen LogP contribution in [0.2, 0.25) is 0 Å². The molecule has 0 saturated heterocycles. The van der Waals surface area contributed by atoms with Crippen LogP contribution in [-0.2, 0) is 0 Å². The Morgan fingerprint density at radius 1 is 1.12 bits per heavy atom. The Labute approximate surface area is 138 Å². The quantitative estimate of drug-likeness (QED) is 0.772. The summed E-state index contributed by atoms with van der Waals surface area (Å²) in [5.41, 5.74) is 8.70. The number of para-hydroxylation sites is 2. The van der Waals surface area contributed by atoms with Crippen LogP contribution in [0.25, 0.3) is 11.0 Å². The van der Waals surface area contributed by atoms with E-state index in [9.17, 15) is 0 Å². The van der Waals surface area contributed by atoms with Gasteiger partial charge in [-0.2, -0.15) is 0 Å². The molecule has 2 heterocycles. The molecule has 0 saturated carbocycles. The minimum Gasteiger partial charge on any atom is -0.497 e. The van der Waals surface area contributed by atoms with Crippen molar-refractivity contribution < 1.29 is 9.47 Å². The molecule has 2 aromatic carbocycles. The van der Waals surface area contributed by atoms with Crippen molar-refractivity contribution in [1.29, 1.82) is 0 Å². The zero-order valence-corrected chi connectivity index (χ0v) is 13.4. The topological polar surface area (TPSA) is 86.7 Å². The van der Waals surface area contributed by atoms with Crippen molar-refractivity contribution >= 4 is 22.9 Å². The first-order valence-electron chi connectivity index (χ1n) is 7.50. The summed E-state index contributed by atoms with van der Waals surface area (Å²) in [7, 11) is 3.25. The summed E-state index contributed by atoms with van der Waals surface area (Å²) in [4.78, 5) is 9.16. The number of ether oxygens (including phenoxy) is 2. The van der Waals surface area contributed by atoms with E-state index in [4.69, 9.17) is 15.2 Å². The molecule has 0 bridgehead atoms. The van der Waals surface area contributed by atoms with Crippen molar-refractivity contribution in [2.75, 3.05) is 19.5 Å². The van der Waals surface area contributed by atoms with E-state index in [-0.39, 0.29) is 6.17 Å². The van der Waals surface area contributed by atoms with Gasteiger partial charge in [-0.05, 0) is 24.3 Å². The highest BCUT2D eigenvalue weighted by Gasteiger charge is 2.27. The van der Waals surface area contributed by atoms with E-state index in [0.717, 1.165) is 22.3 Å². The molecule has 0 amide bonds. The molecule has 1 aliphatic heterocycles. The average molecular weight is 323 g/mol. The number of hydrogen-bond acceptors (Lipinski definition) is 6. The van der Waals surface area contributed by atoms with Gasteiger partial charge in [-0.3, -0.25) is 9.88 Å². The van der Waals surface area contributed by atoms with Crippen molar-refractivity contribution in [2.24, 2.45) is 10.7 Å². The minimum atomic E-state index is -0.366. The van der Waals surface area contributed by atoms with Crippen LogP contribution in [0.1, 0.15) is 11.7 Å². The van der Waals surface area contributed by atoms with Gasteiger partial charge in [0.1, 0.15) is 11.5 Å². The van der Waals surface area contributed by atoms with Crippen LogP contribution in [0, 0.1) is 0 Å². The molecule has 0 unspecified atom stereocenters. The summed E-state index contributed by atoms with van der Waals surface area (Å²) in [5.74, 6) is 2.38. The van der Waals surface area contributed by atoms with Crippen molar-refractivity contribution in [3.05, 3.63) is 48.0 Å². The highest BCUT2D eigenvalue weighted by molar-refractivity contribution is 5.94. The number of nitrogens with one attached hydrogen (secondary N) is 1. The van der Waals surface area contributed by atoms with Gasteiger partial charge < -0.3 is 15.2 Å². The number of fused-ring (bicyclic) bond motifs is 3. The number of imidazole rings is 1. The van der Waals surface area contributed by atoms with Crippen molar-refractivity contribution in [3.63, 3.8) is 0 Å². The zero-order valence-electron chi connectivity index (χ0n) is 13.4. The standard InChI is InChI=1S/C17H17N5O2/c1-23-10-7-8-11(14(9-10)24-2)15-20-16(18)21-17-19-12-5-3-4-6-13(12)22(15)17/h3-9,15H,1-2H3,(H3,18,19,20,21)/t15-/m0/s1. The first-order valence-corrected chi connectivity index (χ1v) is 7.50. The number of benzene rings is 2. The molecule has 3 aromatic rings. The molecule has 7 nitrogen and oxygen atoms in total. The minimum absolute atomic E-state index is 0.320. The molecule has 1 atom stereocenters. The second kappa shape index (κ2) is 5.45. The third-order valence-electron chi connectivity index (χ3n) is 4.06. The maximum Gasteiger partial charge on any atom is 0.212 e. The van der Waals surface area contributed by atoms with Crippen LogP contribution in [-0.4, -0.2) is 29.7 Å². The van der Waals surface area contributed by atoms with Crippen LogP contribution in [0.3, 0.4) is 0 Å². The number of hydrogen-bond donors (Lipinski definition) is 2. The maximum atomic E-state index is 5.97. The summed E-state index contributed by atoms with van der Waals surface area (Å²) < 4.78 is 12.8.